The molecule has 2 N–H and O–H groups in total. The summed E-state index contributed by atoms with van der Waals surface area (Å²) in [7, 11) is 0. The maximum Gasteiger partial charge on any atom is 0.112 e. The molecule has 1 aromatic heterocycles. The first-order valence-corrected chi connectivity index (χ1v) is 5.83. The lowest BCUT2D eigenvalue weighted by atomic mass is 9.98. The third-order valence-electron chi connectivity index (χ3n) is 3.35. The summed E-state index contributed by atoms with van der Waals surface area (Å²) in [6.07, 6.45) is 1.06. The number of hydrogen-bond donors (Lipinski definition) is 1. The van der Waals surface area contributed by atoms with Crippen molar-refractivity contribution in [2.24, 2.45) is 5.73 Å². The molecule has 1 aromatic rings. The normalized spacial score (nSPS) is 25.7. The Balaban J connectivity index is 2.47. The number of aromatic nitrogens is 2. The maximum atomic E-state index is 6.05. The fraction of sp³-hybridized carbons (Fsp3) is 0.750. The molecule has 0 fully saturated rings. The van der Waals surface area contributed by atoms with Gasteiger partial charge in [-0.15, -0.1) is 0 Å². The minimum absolute atomic E-state index is 0.292. The van der Waals surface area contributed by atoms with E-state index in [2.05, 4.69) is 32.3 Å². The average molecular weight is 207 g/mol. The summed E-state index contributed by atoms with van der Waals surface area (Å²) >= 11 is 0. The first kappa shape index (κ1) is 10.7. The Labute approximate surface area is 91.7 Å². The number of hydrogen-bond acceptors (Lipinski definition) is 2. The minimum Gasteiger partial charge on any atom is -0.330 e. The Kier molecular flexibility index (Phi) is 2.59. The number of rotatable bonds is 1. The van der Waals surface area contributed by atoms with Gasteiger partial charge in [-0.3, -0.25) is 0 Å². The SMILES string of the molecule is Cc1c(C(C)C)nc2n1CC(N)CC2C. The minimum atomic E-state index is 0.292. The summed E-state index contributed by atoms with van der Waals surface area (Å²) in [6.45, 7) is 9.72. The van der Waals surface area contributed by atoms with E-state index in [0.29, 0.717) is 17.9 Å². The van der Waals surface area contributed by atoms with Crippen LogP contribution in [0.25, 0.3) is 0 Å². The zero-order chi connectivity index (χ0) is 11.2. The molecule has 1 aliphatic rings. The van der Waals surface area contributed by atoms with E-state index < -0.39 is 0 Å². The van der Waals surface area contributed by atoms with Crippen molar-refractivity contribution >= 4 is 0 Å². The molecule has 0 aliphatic carbocycles. The van der Waals surface area contributed by atoms with Crippen molar-refractivity contribution in [2.45, 2.75) is 58.5 Å². The van der Waals surface area contributed by atoms with Crippen LogP contribution in [-0.4, -0.2) is 15.6 Å². The Morgan fingerprint density at radius 2 is 2.13 bits per heavy atom. The molecular weight excluding hydrogens is 186 g/mol. The van der Waals surface area contributed by atoms with Crippen molar-refractivity contribution in [3.05, 3.63) is 17.2 Å². The summed E-state index contributed by atoms with van der Waals surface area (Å²) in [4.78, 5) is 4.77. The summed E-state index contributed by atoms with van der Waals surface area (Å²) < 4.78 is 2.31. The highest BCUT2D eigenvalue weighted by atomic mass is 15.1. The zero-order valence-corrected chi connectivity index (χ0v) is 10.1. The zero-order valence-electron chi connectivity index (χ0n) is 10.1. The van der Waals surface area contributed by atoms with Gasteiger partial charge in [0.05, 0.1) is 5.69 Å². The molecule has 0 aromatic carbocycles. The smallest absolute Gasteiger partial charge is 0.112 e. The molecule has 1 aliphatic heterocycles. The van der Waals surface area contributed by atoms with Crippen LogP contribution < -0.4 is 5.73 Å². The standard InChI is InChI=1S/C12H21N3/c1-7(2)11-9(4)15-6-10(13)5-8(3)12(15)14-11/h7-8,10H,5-6,13H2,1-4H3. The van der Waals surface area contributed by atoms with Crippen LogP contribution in [0.5, 0.6) is 0 Å². The lowest BCUT2D eigenvalue weighted by Crippen LogP contribution is -2.34. The third-order valence-corrected chi connectivity index (χ3v) is 3.35. The van der Waals surface area contributed by atoms with E-state index in [4.69, 9.17) is 10.7 Å². The summed E-state index contributed by atoms with van der Waals surface area (Å²) in [6, 6.07) is 0.292. The molecule has 84 valence electrons. The third kappa shape index (κ3) is 1.69. The lowest BCUT2D eigenvalue weighted by Gasteiger charge is -2.26. The second-order valence-electron chi connectivity index (χ2n) is 5.10. The van der Waals surface area contributed by atoms with Crippen molar-refractivity contribution < 1.29 is 0 Å². The lowest BCUT2D eigenvalue weighted by molar-refractivity contribution is 0.403. The van der Waals surface area contributed by atoms with E-state index in [1.54, 1.807) is 0 Å². The summed E-state index contributed by atoms with van der Waals surface area (Å²) in [5, 5.41) is 0. The molecule has 15 heavy (non-hydrogen) atoms. The van der Waals surface area contributed by atoms with Gasteiger partial charge in [-0.25, -0.2) is 4.98 Å². The van der Waals surface area contributed by atoms with Gasteiger partial charge in [-0.1, -0.05) is 20.8 Å². The van der Waals surface area contributed by atoms with Gasteiger partial charge in [0.2, 0.25) is 0 Å². The number of imidazole rings is 1. The van der Waals surface area contributed by atoms with Crippen LogP contribution in [0.15, 0.2) is 0 Å². The van der Waals surface area contributed by atoms with Gasteiger partial charge in [0, 0.05) is 24.2 Å². The van der Waals surface area contributed by atoms with Crippen LogP contribution in [0.1, 0.15) is 56.2 Å². The predicted octanol–water partition coefficient (Wildman–Crippen LogP) is 2.15. The van der Waals surface area contributed by atoms with Crippen LogP contribution in [0.3, 0.4) is 0 Å². The fourth-order valence-corrected chi connectivity index (χ4v) is 2.60. The van der Waals surface area contributed by atoms with E-state index >= 15 is 0 Å². The van der Waals surface area contributed by atoms with E-state index in [-0.39, 0.29) is 0 Å². The second kappa shape index (κ2) is 3.63. The Morgan fingerprint density at radius 1 is 1.47 bits per heavy atom. The molecule has 2 atom stereocenters. The number of nitrogens with zero attached hydrogens (tertiary/aromatic N) is 2. The molecule has 0 saturated heterocycles. The van der Waals surface area contributed by atoms with Crippen molar-refractivity contribution in [2.75, 3.05) is 0 Å². The van der Waals surface area contributed by atoms with E-state index in [9.17, 15) is 0 Å². The Bertz CT molecular complexity index is 365. The predicted molar refractivity (Wildman–Crippen MR) is 62.1 cm³/mol. The van der Waals surface area contributed by atoms with Gasteiger partial charge >= 0.3 is 0 Å². The molecule has 2 heterocycles. The molecule has 3 heteroatoms. The highest BCUT2D eigenvalue weighted by Gasteiger charge is 2.26. The quantitative estimate of drug-likeness (QED) is 0.767. The van der Waals surface area contributed by atoms with Gasteiger partial charge in [-0.05, 0) is 19.3 Å². The molecular formula is C12H21N3. The van der Waals surface area contributed by atoms with Crippen LogP contribution >= 0.6 is 0 Å². The average Bonchev–Trinajstić information content (AvgIpc) is 2.44. The van der Waals surface area contributed by atoms with Crippen molar-refractivity contribution in [1.29, 1.82) is 0 Å². The highest BCUT2D eigenvalue weighted by Crippen LogP contribution is 2.30. The summed E-state index contributed by atoms with van der Waals surface area (Å²) in [5.74, 6) is 2.24. The van der Waals surface area contributed by atoms with E-state index in [1.807, 2.05) is 0 Å². The Hall–Kier alpha value is -0.830. The molecule has 0 bridgehead atoms. The molecule has 0 saturated carbocycles. The van der Waals surface area contributed by atoms with Gasteiger partial charge in [0.15, 0.2) is 0 Å². The van der Waals surface area contributed by atoms with Crippen molar-refractivity contribution in [3.63, 3.8) is 0 Å². The second-order valence-corrected chi connectivity index (χ2v) is 5.10. The van der Waals surface area contributed by atoms with Crippen molar-refractivity contribution in [1.82, 2.24) is 9.55 Å². The molecule has 0 radical (unpaired) electrons. The van der Waals surface area contributed by atoms with Crippen LogP contribution in [0.4, 0.5) is 0 Å². The van der Waals surface area contributed by atoms with Gasteiger partial charge in [-0.2, -0.15) is 0 Å². The van der Waals surface area contributed by atoms with Crippen LogP contribution in [0, 0.1) is 6.92 Å². The highest BCUT2D eigenvalue weighted by molar-refractivity contribution is 5.22. The van der Waals surface area contributed by atoms with Crippen LogP contribution in [0.2, 0.25) is 0 Å². The van der Waals surface area contributed by atoms with Crippen LogP contribution in [-0.2, 0) is 6.54 Å². The topological polar surface area (TPSA) is 43.8 Å². The fourth-order valence-electron chi connectivity index (χ4n) is 2.60. The van der Waals surface area contributed by atoms with E-state index in [0.717, 1.165) is 13.0 Å². The molecule has 3 nitrogen and oxygen atoms in total. The van der Waals surface area contributed by atoms with Crippen molar-refractivity contribution in [3.8, 4) is 0 Å². The molecule has 2 rings (SSSR count). The van der Waals surface area contributed by atoms with Gasteiger partial charge in [0.1, 0.15) is 5.82 Å². The molecule has 2 unspecified atom stereocenters. The first-order valence-electron chi connectivity index (χ1n) is 5.83. The van der Waals surface area contributed by atoms with E-state index in [1.165, 1.54) is 17.2 Å². The first-order chi connectivity index (χ1) is 7.00. The molecule has 0 spiro atoms. The largest absolute Gasteiger partial charge is 0.330 e. The molecule has 0 amide bonds. The number of nitrogens with two attached hydrogens (primary N) is 1. The van der Waals surface area contributed by atoms with Gasteiger partial charge < -0.3 is 10.3 Å². The maximum absolute atomic E-state index is 6.05. The monoisotopic (exact) mass is 207 g/mol. The number of fused-ring (bicyclic) bond motifs is 1. The Morgan fingerprint density at radius 3 is 2.73 bits per heavy atom. The summed E-state index contributed by atoms with van der Waals surface area (Å²) in [5.41, 5.74) is 8.59. The van der Waals surface area contributed by atoms with Gasteiger partial charge in [0.25, 0.3) is 0 Å².